The topological polar surface area (TPSA) is 108 Å². The van der Waals surface area contributed by atoms with Gasteiger partial charge in [-0.05, 0) is 62.5 Å². The monoisotopic (exact) mass is 482 g/mol. The average Bonchev–Trinajstić information content (AvgIpc) is 3.52. The lowest BCUT2D eigenvalue weighted by Gasteiger charge is -2.36. The maximum Gasteiger partial charge on any atom is 0.206 e. The number of phenols is 1. The van der Waals surface area contributed by atoms with Gasteiger partial charge >= 0.3 is 0 Å². The van der Waals surface area contributed by atoms with Crippen molar-refractivity contribution >= 4 is 17.3 Å². The van der Waals surface area contributed by atoms with Gasteiger partial charge in [0.25, 0.3) is 0 Å². The zero-order valence-electron chi connectivity index (χ0n) is 20.2. The number of piperazine rings is 1. The third kappa shape index (κ3) is 4.40. The van der Waals surface area contributed by atoms with Gasteiger partial charge in [-0.2, -0.15) is 0 Å². The van der Waals surface area contributed by atoms with Crippen LogP contribution in [0.3, 0.4) is 0 Å². The Balaban J connectivity index is 1.16. The van der Waals surface area contributed by atoms with Crippen molar-refractivity contribution in [3.05, 3.63) is 48.4 Å². The highest BCUT2D eigenvalue weighted by Gasteiger charge is 2.44. The number of anilines is 3. The van der Waals surface area contributed by atoms with Gasteiger partial charge in [0.05, 0.1) is 24.0 Å². The molecule has 3 fully saturated rings. The van der Waals surface area contributed by atoms with E-state index >= 15 is 0 Å². The maximum atomic E-state index is 10.3. The Labute approximate surface area is 211 Å². The number of benzene rings is 1. The molecule has 36 heavy (non-hydrogen) atoms. The minimum Gasteiger partial charge on any atom is -0.507 e. The highest BCUT2D eigenvalue weighted by atomic mass is 16.3. The first kappa shape index (κ1) is 22.6. The third-order valence-electron chi connectivity index (χ3n) is 7.42. The SMILES string of the molecule is Nc1nnc(-c2ccccc2O)cc1N1CC2CC1CN2c1ccnc(C#CCN2CCCCC2)n1. The Hall–Kier alpha value is -3.90. The summed E-state index contributed by atoms with van der Waals surface area (Å²) in [6.45, 7) is 4.71. The number of para-hydroxylation sites is 1. The van der Waals surface area contributed by atoms with Crippen LogP contribution < -0.4 is 15.5 Å². The summed E-state index contributed by atoms with van der Waals surface area (Å²) >= 11 is 0. The summed E-state index contributed by atoms with van der Waals surface area (Å²) in [4.78, 5) is 16.2. The fraction of sp³-hybridized carbons (Fsp3) is 0.407. The van der Waals surface area contributed by atoms with Gasteiger partial charge in [0.1, 0.15) is 11.6 Å². The van der Waals surface area contributed by atoms with Gasteiger partial charge in [0, 0.05) is 30.9 Å². The number of likely N-dealkylation sites (tertiary alicyclic amines) is 1. The number of hydrogen-bond acceptors (Lipinski definition) is 9. The van der Waals surface area contributed by atoms with Crippen LogP contribution in [0.5, 0.6) is 5.75 Å². The van der Waals surface area contributed by atoms with E-state index in [1.165, 1.54) is 19.3 Å². The number of aromatic hydroxyl groups is 1. The van der Waals surface area contributed by atoms with E-state index in [2.05, 4.69) is 41.7 Å². The van der Waals surface area contributed by atoms with Crippen LogP contribution in [-0.4, -0.2) is 75.0 Å². The smallest absolute Gasteiger partial charge is 0.206 e. The molecule has 9 nitrogen and oxygen atoms in total. The van der Waals surface area contributed by atoms with Crippen LogP contribution in [0.25, 0.3) is 11.3 Å². The molecule has 2 aromatic heterocycles. The maximum absolute atomic E-state index is 10.3. The standard InChI is InChI=1S/C27H30N8O/c28-27-23(16-22(31-32-27)21-7-2-3-8-24(21)36)34-17-20-15-19(34)18-35(20)26-10-11-29-25(30-26)9-6-14-33-12-4-1-5-13-33/h2-3,7-8,10-11,16,19-20,36H,1,4-5,12-15,17-18H2,(H2,28,32). The predicted molar refractivity (Wildman–Crippen MR) is 140 cm³/mol. The van der Waals surface area contributed by atoms with Gasteiger partial charge in [-0.15, -0.1) is 10.2 Å². The number of fused-ring (bicyclic) bond motifs is 2. The van der Waals surface area contributed by atoms with Crippen LogP contribution >= 0.6 is 0 Å². The fourth-order valence-electron chi connectivity index (χ4n) is 5.60. The van der Waals surface area contributed by atoms with Crippen molar-refractivity contribution in [2.75, 3.05) is 48.3 Å². The number of aromatic nitrogens is 4. The molecule has 0 spiro atoms. The molecular weight excluding hydrogens is 452 g/mol. The minimum absolute atomic E-state index is 0.176. The highest BCUT2D eigenvalue weighted by Crippen LogP contribution is 2.39. The first-order valence-corrected chi connectivity index (χ1v) is 12.6. The summed E-state index contributed by atoms with van der Waals surface area (Å²) < 4.78 is 0. The van der Waals surface area contributed by atoms with Crippen LogP contribution in [-0.2, 0) is 0 Å². The van der Waals surface area contributed by atoms with Crippen molar-refractivity contribution in [3.8, 4) is 28.8 Å². The molecule has 3 aromatic rings. The lowest BCUT2D eigenvalue weighted by atomic mass is 10.1. The molecule has 0 amide bonds. The zero-order chi connectivity index (χ0) is 24.5. The summed E-state index contributed by atoms with van der Waals surface area (Å²) in [6.07, 6.45) is 6.68. The van der Waals surface area contributed by atoms with Crippen molar-refractivity contribution < 1.29 is 5.11 Å². The Kier molecular flexibility index (Phi) is 6.03. The number of piperidine rings is 1. The largest absolute Gasteiger partial charge is 0.507 e. The van der Waals surface area contributed by atoms with Crippen LogP contribution in [0.4, 0.5) is 17.3 Å². The Morgan fingerprint density at radius 1 is 1.00 bits per heavy atom. The van der Waals surface area contributed by atoms with E-state index < -0.39 is 0 Å². The number of nitrogen functional groups attached to an aromatic ring is 1. The number of nitrogens with two attached hydrogens (primary N) is 1. The highest BCUT2D eigenvalue weighted by molar-refractivity contribution is 5.75. The molecule has 1 aromatic carbocycles. The van der Waals surface area contributed by atoms with E-state index in [-0.39, 0.29) is 5.75 Å². The number of phenolic OH excluding ortho intramolecular Hbond substituents is 1. The number of rotatable bonds is 4. The number of hydrogen-bond donors (Lipinski definition) is 2. The van der Waals surface area contributed by atoms with E-state index in [1.807, 2.05) is 24.3 Å². The van der Waals surface area contributed by atoms with E-state index in [0.29, 0.717) is 35.0 Å². The summed E-state index contributed by atoms with van der Waals surface area (Å²) in [5, 5.41) is 18.7. The Morgan fingerprint density at radius 2 is 1.81 bits per heavy atom. The first-order chi connectivity index (χ1) is 17.7. The van der Waals surface area contributed by atoms with Gasteiger partial charge < -0.3 is 20.6 Å². The molecule has 0 aliphatic carbocycles. The first-order valence-electron chi connectivity index (χ1n) is 12.6. The quantitative estimate of drug-likeness (QED) is 0.542. The lowest BCUT2D eigenvalue weighted by molar-refractivity contribution is 0.255. The molecule has 3 aliphatic rings. The summed E-state index contributed by atoms with van der Waals surface area (Å²) in [6, 6.07) is 11.7. The normalized spacial score (nSPS) is 21.4. The van der Waals surface area contributed by atoms with Gasteiger partial charge in [0.2, 0.25) is 5.82 Å². The van der Waals surface area contributed by atoms with Crippen LogP contribution in [0.15, 0.2) is 42.6 Å². The van der Waals surface area contributed by atoms with Gasteiger partial charge in [-0.3, -0.25) is 4.90 Å². The molecule has 9 heteroatoms. The molecule has 6 rings (SSSR count). The molecule has 2 bridgehead atoms. The van der Waals surface area contributed by atoms with Crippen molar-refractivity contribution in [2.45, 2.75) is 37.8 Å². The third-order valence-corrected chi connectivity index (χ3v) is 7.42. The van der Waals surface area contributed by atoms with E-state index in [1.54, 1.807) is 18.3 Å². The molecule has 0 radical (unpaired) electrons. The molecule has 0 saturated carbocycles. The van der Waals surface area contributed by atoms with Crippen molar-refractivity contribution in [1.29, 1.82) is 0 Å². The summed E-state index contributed by atoms with van der Waals surface area (Å²) in [5.74, 6) is 8.51. The molecule has 184 valence electrons. The van der Waals surface area contributed by atoms with E-state index in [0.717, 1.165) is 50.6 Å². The molecule has 3 N–H and O–H groups in total. The lowest BCUT2D eigenvalue weighted by Crippen LogP contribution is -2.47. The van der Waals surface area contributed by atoms with Crippen LogP contribution in [0.1, 0.15) is 31.5 Å². The summed E-state index contributed by atoms with van der Waals surface area (Å²) in [7, 11) is 0. The fourth-order valence-corrected chi connectivity index (χ4v) is 5.60. The second-order valence-electron chi connectivity index (χ2n) is 9.74. The summed E-state index contributed by atoms with van der Waals surface area (Å²) in [5.41, 5.74) is 8.37. The van der Waals surface area contributed by atoms with Crippen LogP contribution in [0.2, 0.25) is 0 Å². The van der Waals surface area contributed by atoms with Crippen LogP contribution in [0, 0.1) is 11.8 Å². The Bertz CT molecular complexity index is 1310. The second kappa shape index (κ2) is 9.63. The average molecular weight is 483 g/mol. The minimum atomic E-state index is 0.176. The number of nitrogens with zero attached hydrogens (tertiary/aromatic N) is 7. The molecule has 3 aliphatic heterocycles. The molecule has 3 saturated heterocycles. The van der Waals surface area contributed by atoms with Crippen molar-refractivity contribution in [2.24, 2.45) is 0 Å². The molecule has 2 unspecified atom stereocenters. The van der Waals surface area contributed by atoms with Gasteiger partial charge in [-0.25, -0.2) is 9.97 Å². The molecular formula is C27H30N8O. The van der Waals surface area contributed by atoms with Gasteiger partial charge in [0.15, 0.2) is 5.82 Å². The zero-order valence-corrected chi connectivity index (χ0v) is 20.2. The molecule has 2 atom stereocenters. The Morgan fingerprint density at radius 3 is 2.61 bits per heavy atom. The van der Waals surface area contributed by atoms with Crippen molar-refractivity contribution in [1.82, 2.24) is 25.1 Å². The second-order valence-corrected chi connectivity index (χ2v) is 9.74. The van der Waals surface area contributed by atoms with E-state index in [9.17, 15) is 5.11 Å². The molecule has 5 heterocycles. The predicted octanol–water partition coefficient (Wildman–Crippen LogP) is 2.53. The van der Waals surface area contributed by atoms with Crippen molar-refractivity contribution in [3.63, 3.8) is 0 Å². The van der Waals surface area contributed by atoms with Gasteiger partial charge in [-0.1, -0.05) is 24.5 Å². The van der Waals surface area contributed by atoms with E-state index in [4.69, 9.17) is 10.7 Å².